The minimum atomic E-state index is -0.475. The van der Waals surface area contributed by atoms with Gasteiger partial charge in [-0.25, -0.2) is 0 Å². The first-order valence-corrected chi connectivity index (χ1v) is 12.6. The van der Waals surface area contributed by atoms with Gasteiger partial charge in [-0.15, -0.1) is 10.2 Å². The Hall–Kier alpha value is -3.73. The van der Waals surface area contributed by atoms with Crippen molar-refractivity contribution in [1.29, 1.82) is 0 Å². The van der Waals surface area contributed by atoms with Gasteiger partial charge in [0.2, 0.25) is 5.91 Å². The Labute approximate surface area is 214 Å². The number of hydrogen-bond acceptors (Lipinski definition) is 7. The molecule has 11 heteroatoms. The number of nitro groups is 1. The van der Waals surface area contributed by atoms with Crippen LogP contribution in [-0.2, 0) is 11.3 Å². The molecule has 3 aromatic rings. The highest BCUT2D eigenvalue weighted by molar-refractivity contribution is 7.99. The lowest BCUT2D eigenvalue weighted by Gasteiger charge is -2.22. The van der Waals surface area contributed by atoms with Crippen LogP contribution in [0.2, 0.25) is 0 Å². The Balaban J connectivity index is 1.71. The van der Waals surface area contributed by atoms with Gasteiger partial charge in [0.1, 0.15) is 0 Å². The highest BCUT2D eigenvalue weighted by Gasteiger charge is 2.26. The Bertz CT molecular complexity index is 1270. The number of amides is 2. The van der Waals surface area contributed by atoms with Crippen LogP contribution >= 0.6 is 11.8 Å². The number of aryl methyl sites for hydroxylation is 2. The van der Waals surface area contributed by atoms with E-state index < -0.39 is 4.92 Å². The van der Waals surface area contributed by atoms with Crippen molar-refractivity contribution in [2.45, 2.75) is 52.4 Å². The average molecular weight is 511 g/mol. The van der Waals surface area contributed by atoms with Gasteiger partial charge in [0, 0.05) is 29.9 Å². The molecule has 0 aliphatic heterocycles. The van der Waals surface area contributed by atoms with Gasteiger partial charge in [-0.3, -0.25) is 19.7 Å². The molecule has 0 aliphatic carbocycles. The van der Waals surface area contributed by atoms with Gasteiger partial charge in [0.25, 0.3) is 11.6 Å². The number of nitrogens with one attached hydrogen (secondary N) is 2. The minimum absolute atomic E-state index is 0.0300. The van der Waals surface area contributed by atoms with Gasteiger partial charge in [0.05, 0.1) is 16.7 Å². The Morgan fingerprint density at radius 1 is 1.14 bits per heavy atom. The molecule has 36 heavy (non-hydrogen) atoms. The first kappa shape index (κ1) is 26.9. The molecule has 1 atom stereocenters. The standard InChI is InChI=1S/C25H30N6O4S/c1-6-30-23(22(15(2)3)27-24(33)18-9-7-8-16(4)12-18)28-29-25(30)36-14-21(32)26-20-11-10-19(31(34)35)13-17(20)5/h7-13,15,22H,6,14H2,1-5H3,(H,26,32)(H,27,33)/t22-/m0/s1. The summed E-state index contributed by atoms with van der Waals surface area (Å²) in [4.78, 5) is 35.9. The van der Waals surface area contributed by atoms with Crippen LogP contribution in [0.5, 0.6) is 0 Å². The van der Waals surface area contributed by atoms with E-state index in [0.717, 1.165) is 5.56 Å². The van der Waals surface area contributed by atoms with Crippen molar-refractivity contribution < 1.29 is 14.5 Å². The lowest BCUT2D eigenvalue weighted by atomic mass is 10.0. The molecule has 190 valence electrons. The van der Waals surface area contributed by atoms with E-state index in [4.69, 9.17) is 0 Å². The maximum absolute atomic E-state index is 12.9. The summed E-state index contributed by atoms with van der Waals surface area (Å²) in [7, 11) is 0. The summed E-state index contributed by atoms with van der Waals surface area (Å²) < 4.78 is 1.90. The fourth-order valence-corrected chi connectivity index (χ4v) is 4.50. The Kier molecular flexibility index (Phi) is 8.81. The molecular weight excluding hydrogens is 480 g/mol. The van der Waals surface area contributed by atoms with Crippen LogP contribution in [0.1, 0.15) is 54.1 Å². The van der Waals surface area contributed by atoms with E-state index in [2.05, 4.69) is 20.8 Å². The summed E-state index contributed by atoms with van der Waals surface area (Å²) in [6.45, 7) is 10.2. The van der Waals surface area contributed by atoms with E-state index in [9.17, 15) is 19.7 Å². The molecule has 2 amide bonds. The number of nitrogens with zero attached hydrogens (tertiary/aromatic N) is 4. The number of benzene rings is 2. The third kappa shape index (κ3) is 6.48. The second-order valence-electron chi connectivity index (χ2n) is 8.74. The van der Waals surface area contributed by atoms with Crippen molar-refractivity contribution in [3.05, 3.63) is 75.1 Å². The number of hydrogen-bond donors (Lipinski definition) is 2. The molecule has 0 aliphatic rings. The van der Waals surface area contributed by atoms with Crippen molar-refractivity contribution in [3.63, 3.8) is 0 Å². The molecule has 0 unspecified atom stereocenters. The van der Waals surface area contributed by atoms with Crippen molar-refractivity contribution >= 4 is 35.0 Å². The number of rotatable bonds is 10. The molecule has 0 saturated heterocycles. The van der Waals surface area contributed by atoms with E-state index in [1.165, 1.54) is 30.0 Å². The molecule has 0 spiro atoms. The lowest BCUT2D eigenvalue weighted by Crippen LogP contribution is -2.33. The predicted molar refractivity (Wildman–Crippen MR) is 139 cm³/mol. The van der Waals surface area contributed by atoms with Gasteiger partial charge in [-0.1, -0.05) is 43.3 Å². The van der Waals surface area contributed by atoms with Gasteiger partial charge < -0.3 is 15.2 Å². The number of thioether (sulfide) groups is 1. The summed E-state index contributed by atoms with van der Waals surface area (Å²) in [6.07, 6.45) is 0. The van der Waals surface area contributed by atoms with Gasteiger partial charge >= 0.3 is 0 Å². The molecule has 1 heterocycles. The van der Waals surface area contributed by atoms with Crippen molar-refractivity contribution in [2.75, 3.05) is 11.1 Å². The van der Waals surface area contributed by atoms with Crippen LogP contribution in [0.25, 0.3) is 0 Å². The number of nitro benzene ring substituents is 1. The summed E-state index contributed by atoms with van der Waals surface area (Å²) >= 11 is 1.24. The van der Waals surface area contributed by atoms with Crippen molar-refractivity contribution in [1.82, 2.24) is 20.1 Å². The highest BCUT2D eigenvalue weighted by atomic mass is 32.2. The molecular formula is C25H30N6O4S. The summed E-state index contributed by atoms with van der Waals surface area (Å²) in [5, 5.41) is 26.0. The van der Waals surface area contributed by atoms with E-state index in [1.807, 2.05) is 50.5 Å². The number of anilines is 1. The van der Waals surface area contributed by atoms with E-state index in [0.29, 0.717) is 34.3 Å². The molecule has 10 nitrogen and oxygen atoms in total. The monoisotopic (exact) mass is 510 g/mol. The zero-order chi connectivity index (χ0) is 26.4. The van der Waals surface area contributed by atoms with E-state index in [1.54, 1.807) is 13.0 Å². The average Bonchev–Trinajstić information content (AvgIpc) is 3.24. The molecule has 0 fully saturated rings. The zero-order valence-corrected chi connectivity index (χ0v) is 21.8. The van der Waals surface area contributed by atoms with Gasteiger partial charge in [-0.2, -0.15) is 0 Å². The Morgan fingerprint density at radius 3 is 2.50 bits per heavy atom. The maximum Gasteiger partial charge on any atom is 0.269 e. The predicted octanol–water partition coefficient (Wildman–Crippen LogP) is 4.68. The number of non-ortho nitro benzene ring substituents is 1. The fraction of sp³-hybridized carbons (Fsp3) is 0.360. The highest BCUT2D eigenvalue weighted by Crippen LogP contribution is 2.26. The van der Waals surface area contributed by atoms with E-state index in [-0.39, 0.29) is 35.2 Å². The van der Waals surface area contributed by atoms with Crippen LogP contribution < -0.4 is 10.6 Å². The van der Waals surface area contributed by atoms with E-state index >= 15 is 0 Å². The van der Waals surface area contributed by atoms with Crippen LogP contribution in [-0.4, -0.2) is 37.3 Å². The Morgan fingerprint density at radius 2 is 1.89 bits per heavy atom. The third-order valence-corrected chi connectivity index (χ3v) is 6.57. The van der Waals surface area contributed by atoms with Crippen molar-refractivity contribution in [3.8, 4) is 0 Å². The van der Waals surface area contributed by atoms with Crippen LogP contribution in [0.4, 0.5) is 11.4 Å². The first-order chi connectivity index (χ1) is 17.1. The van der Waals surface area contributed by atoms with Gasteiger partial charge in [-0.05, 0) is 50.5 Å². The SMILES string of the molecule is CCn1c(SCC(=O)Nc2ccc([N+](=O)[O-])cc2C)nnc1[C@@H](NC(=O)c1cccc(C)c1)C(C)C. The molecule has 2 N–H and O–H groups in total. The maximum atomic E-state index is 12.9. The second kappa shape index (κ2) is 11.8. The topological polar surface area (TPSA) is 132 Å². The first-order valence-electron chi connectivity index (χ1n) is 11.6. The van der Waals surface area contributed by atoms with Crippen molar-refractivity contribution in [2.24, 2.45) is 5.92 Å². The number of carbonyl (C=O) groups is 2. The molecule has 0 saturated carbocycles. The fourth-order valence-electron chi connectivity index (χ4n) is 3.69. The minimum Gasteiger partial charge on any atom is -0.342 e. The molecule has 0 bridgehead atoms. The molecule has 0 radical (unpaired) electrons. The second-order valence-corrected chi connectivity index (χ2v) is 9.69. The van der Waals surface area contributed by atoms with Crippen LogP contribution in [0, 0.1) is 29.9 Å². The summed E-state index contributed by atoms with van der Waals surface area (Å²) in [5.41, 5.74) is 2.67. The molecule has 3 rings (SSSR count). The summed E-state index contributed by atoms with van der Waals surface area (Å²) in [5.74, 6) is 0.311. The molecule has 1 aromatic heterocycles. The largest absolute Gasteiger partial charge is 0.342 e. The number of carbonyl (C=O) groups excluding carboxylic acids is 2. The summed E-state index contributed by atoms with van der Waals surface area (Å²) in [6, 6.07) is 11.3. The normalized spacial score (nSPS) is 11.8. The third-order valence-electron chi connectivity index (χ3n) is 5.60. The number of aromatic nitrogens is 3. The van der Waals surface area contributed by atoms with Gasteiger partial charge in [0.15, 0.2) is 11.0 Å². The quantitative estimate of drug-likeness (QED) is 0.230. The zero-order valence-electron chi connectivity index (χ0n) is 20.9. The van der Waals surface area contributed by atoms with Crippen LogP contribution in [0.3, 0.4) is 0 Å². The smallest absolute Gasteiger partial charge is 0.269 e. The van der Waals surface area contributed by atoms with Crippen LogP contribution in [0.15, 0.2) is 47.6 Å². The molecule has 2 aromatic carbocycles. The lowest BCUT2D eigenvalue weighted by molar-refractivity contribution is -0.384.